The molecule has 20 heavy (non-hydrogen) atoms. The fourth-order valence-corrected chi connectivity index (χ4v) is 2.40. The van der Waals surface area contributed by atoms with E-state index >= 15 is 0 Å². The molecule has 0 radical (unpaired) electrons. The first-order valence-electron chi connectivity index (χ1n) is 5.79. The number of rotatable bonds is 4. The van der Waals surface area contributed by atoms with Crippen molar-refractivity contribution in [1.82, 2.24) is 0 Å². The number of alkyl halides is 1. The van der Waals surface area contributed by atoms with Crippen LogP contribution in [0.25, 0.3) is 0 Å². The van der Waals surface area contributed by atoms with Gasteiger partial charge in [-0.05, 0) is 46.1 Å². The van der Waals surface area contributed by atoms with E-state index in [2.05, 4.69) is 15.9 Å². The molecular formula is C14H11BrClNO3. The molecule has 0 saturated heterocycles. The van der Waals surface area contributed by atoms with Gasteiger partial charge in [0, 0.05) is 11.9 Å². The molecule has 0 atom stereocenters. The predicted molar refractivity (Wildman–Crippen MR) is 81.6 cm³/mol. The van der Waals surface area contributed by atoms with E-state index in [0.717, 1.165) is 11.1 Å². The Hall–Kier alpha value is -1.59. The van der Waals surface area contributed by atoms with Gasteiger partial charge in [-0.1, -0.05) is 18.2 Å². The van der Waals surface area contributed by atoms with Crippen LogP contribution in [0.5, 0.6) is 11.5 Å². The molecule has 2 aromatic carbocycles. The first-order valence-corrected chi connectivity index (χ1v) is 7.12. The SMILES string of the molecule is Cc1cc(CCl)ccc1Oc1cccc([N+](=O)[O-])c1Br. The third-order valence-corrected chi connectivity index (χ3v) is 3.86. The lowest BCUT2D eigenvalue weighted by atomic mass is 10.1. The molecule has 0 fully saturated rings. The van der Waals surface area contributed by atoms with E-state index in [-0.39, 0.29) is 5.69 Å². The van der Waals surface area contributed by atoms with E-state index in [4.69, 9.17) is 16.3 Å². The van der Waals surface area contributed by atoms with Crippen LogP contribution in [0.4, 0.5) is 5.69 Å². The molecule has 0 bridgehead atoms. The van der Waals surface area contributed by atoms with E-state index in [0.29, 0.717) is 21.9 Å². The Balaban J connectivity index is 2.35. The molecule has 0 aromatic heterocycles. The van der Waals surface area contributed by atoms with Crippen molar-refractivity contribution in [2.75, 3.05) is 0 Å². The molecule has 0 unspecified atom stereocenters. The highest BCUT2D eigenvalue weighted by atomic mass is 79.9. The second kappa shape index (κ2) is 6.24. The third kappa shape index (κ3) is 3.11. The molecule has 4 nitrogen and oxygen atoms in total. The zero-order valence-corrected chi connectivity index (χ0v) is 12.9. The van der Waals surface area contributed by atoms with Gasteiger partial charge in [0.1, 0.15) is 16.0 Å². The normalized spacial score (nSPS) is 10.3. The number of nitro groups is 1. The minimum absolute atomic E-state index is 0.0301. The highest BCUT2D eigenvalue weighted by molar-refractivity contribution is 9.10. The van der Waals surface area contributed by atoms with Gasteiger partial charge in [0.05, 0.1) is 4.92 Å². The minimum atomic E-state index is -0.458. The summed E-state index contributed by atoms with van der Waals surface area (Å²) in [5.74, 6) is 1.47. The molecule has 6 heteroatoms. The van der Waals surface area contributed by atoms with E-state index in [9.17, 15) is 10.1 Å². The summed E-state index contributed by atoms with van der Waals surface area (Å²) in [6.45, 7) is 1.90. The fourth-order valence-electron chi connectivity index (χ4n) is 1.75. The highest BCUT2D eigenvalue weighted by Crippen LogP contribution is 2.37. The topological polar surface area (TPSA) is 52.4 Å². The molecule has 0 aliphatic heterocycles. The number of halogens is 2. The van der Waals surface area contributed by atoms with Crippen molar-refractivity contribution in [2.24, 2.45) is 0 Å². The lowest BCUT2D eigenvalue weighted by Crippen LogP contribution is -1.94. The molecule has 0 saturated carbocycles. The van der Waals surface area contributed by atoms with E-state index < -0.39 is 4.92 Å². The molecule has 2 aromatic rings. The number of benzene rings is 2. The van der Waals surface area contributed by atoms with Crippen LogP contribution in [0.3, 0.4) is 0 Å². The zero-order chi connectivity index (χ0) is 14.7. The monoisotopic (exact) mass is 355 g/mol. The van der Waals surface area contributed by atoms with Gasteiger partial charge in [0.2, 0.25) is 0 Å². The van der Waals surface area contributed by atoms with Crippen LogP contribution in [-0.2, 0) is 5.88 Å². The second-order valence-corrected chi connectivity index (χ2v) is 5.24. The summed E-state index contributed by atoms with van der Waals surface area (Å²) in [7, 11) is 0. The maximum atomic E-state index is 10.9. The largest absolute Gasteiger partial charge is 0.456 e. The van der Waals surface area contributed by atoms with Crippen molar-refractivity contribution in [3.05, 3.63) is 62.1 Å². The average Bonchev–Trinajstić information content (AvgIpc) is 2.42. The van der Waals surface area contributed by atoms with Crippen LogP contribution in [0.1, 0.15) is 11.1 Å². The fraction of sp³-hybridized carbons (Fsp3) is 0.143. The van der Waals surface area contributed by atoms with Gasteiger partial charge < -0.3 is 4.74 Å². The lowest BCUT2D eigenvalue weighted by Gasteiger charge is -2.11. The summed E-state index contributed by atoms with van der Waals surface area (Å²) in [6.07, 6.45) is 0. The van der Waals surface area contributed by atoms with Gasteiger partial charge in [-0.2, -0.15) is 0 Å². The van der Waals surface area contributed by atoms with Crippen molar-refractivity contribution < 1.29 is 9.66 Å². The van der Waals surface area contributed by atoms with Crippen LogP contribution in [-0.4, -0.2) is 4.92 Å². The van der Waals surface area contributed by atoms with Crippen LogP contribution in [0.15, 0.2) is 40.9 Å². The summed E-state index contributed by atoms with van der Waals surface area (Å²) in [5.41, 5.74) is 1.88. The number of hydrogen-bond donors (Lipinski definition) is 0. The van der Waals surface area contributed by atoms with Gasteiger partial charge in [-0.15, -0.1) is 11.6 Å². The number of aryl methyl sites for hydroxylation is 1. The van der Waals surface area contributed by atoms with E-state index in [1.807, 2.05) is 19.1 Å². The number of hydrogen-bond acceptors (Lipinski definition) is 3. The van der Waals surface area contributed by atoms with Gasteiger partial charge in [0.15, 0.2) is 0 Å². The zero-order valence-electron chi connectivity index (χ0n) is 10.6. The van der Waals surface area contributed by atoms with Gasteiger partial charge in [-0.3, -0.25) is 10.1 Å². The van der Waals surface area contributed by atoms with Gasteiger partial charge in [-0.25, -0.2) is 0 Å². The summed E-state index contributed by atoms with van der Waals surface area (Å²) in [4.78, 5) is 10.4. The Morgan fingerprint density at radius 2 is 2.05 bits per heavy atom. The van der Waals surface area contributed by atoms with E-state index in [1.54, 1.807) is 18.2 Å². The van der Waals surface area contributed by atoms with Crippen molar-refractivity contribution in [3.63, 3.8) is 0 Å². The number of ether oxygens (including phenoxy) is 1. The Morgan fingerprint density at radius 1 is 1.30 bits per heavy atom. The van der Waals surface area contributed by atoms with Crippen molar-refractivity contribution in [2.45, 2.75) is 12.8 Å². The molecule has 0 amide bonds. The predicted octanol–water partition coefficient (Wildman–Crippen LogP) is 5.20. The molecule has 0 aliphatic carbocycles. The Morgan fingerprint density at radius 3 is 2.65 bits per heavy atom. The van der Waals surface area contributed by atoms with Gasteiger partial charge in [0.25, 0.3) is 5.69 Å². The standard InChI is InChI=1S/C14H11BrClNO3/c1-9-7-10(8-16)5-6-12(9)20-13-4-2-3-11(14(13)15)17(18)19/h2-7H,8H2,1H3. The van der Waals surface area contributed by atoms with Gasteiger partial charge >= 0.3 is 0 Å². The third-order valence-electron chi connectivity index (χ3n) is 2.75. The minimum Gasteiger partial charge on any atom is -0.456 e. The molecule has 0 heterocycles. The molecular weight excluding hydrogens is 346 g/mol. The Labute approximate surface area is 129 Å². The molecule has 104 valence electrons. The summed E-state index contributed by atoms with van der Waals surface area (Å²) in [5, 5.41) is 10.9. The van der Waals surface area contributed by atoms with Crippen LogP contribution in [0, 0.1) is 17.0 Å². The Kier molecular flexibility index (Phi) is 4.62. The lowest BCUT2D eigenvalue weighted by molar-refractivity contribution is -0.385. The quantitative estimate of drug-likeness (QED) is 0.430. The molecule has 0 spiro atoms. The van der Waals surface area contributed by atoms with E-state index in [1.165, 1.54) is 6.07 Å². The molecule has 2 rings (SSSR count). The Bertz CT molecular complexity index is 661. The number of nitro benzene ring substituents is 1. The van der Waals surface area contributed by atoms with Crippen molar-refractivity contribution in [3.8, 4) is 11.5 Å². The average molecular weight is 357 g/mol. The molecule has 0 aliphatic rings. The smallest absolute Gasteiger partial charge is 0.287 e. The number of nitrogens with zero attached hydrogens (tertiary/aromatic N) is 1. The first-order chi connectivity index (χ1) is 9.52. The highest BCUT2D eigenvalue weighted by Gasteiger charge is 2.16. The summed E-state index contributed by atoms with van der Waals surface area (Å²) >= 11 is 8.97. The maximum Gasteiger partial charge on any atom is 0.287 e. The summed E-state index contributed by atoms with van der Waals surface area (Å²) < 4.78 is 6.06. The van der Waals surface area contributed by atoms with Crippen LogP contribution in [0.2, 0.25) is 0 Å². The second-order valence-electron chi connectivity index (χ2n) is 4.18. The van der Waals surface area contributed by atoms with Crippen molar-refractivity contribution in [1.29, 1.82) is 0 Å². The molecule has 0 N–H and O–H groups in total. The van der Waals surface area contributed by atoms with Crippen molar-refractivity contribution >= 4 is 33.2 Å². The summed E-state index contributed by atoms with van der Waals surface area (Å²) in [6, 6.07) is 10.3. The van der Waals surface area contributed by atoms with Crippen LogP contribution < -0.4 is 4.74 Å². The first kappa shape index (κ1) is 14.8. The van der Waals surface area contributed by atoms with Crippen LogP contribution >= 0.6 is 27.5 Å². The maximum absolute atomic E-state index is 10.9.